The fourth-order valence-electron chi connectivity index (χ4n) is 5.35. The van der Waals surface area contributed by atoms with Crippen LogP contribution >= 0.6 is 32.2 Å². The van der Waals surface area contributed by atoms with Gasteiger partial charge >= 0.3 is 0 Å². The van der Waals surface area contributed by atoms with Crippen molar-refractivity contribution >= 4 is 75.3 Å². The Bertz CT molecular complexity index is 1920. The second-order valence-electron chi connectivity index (χ2n) is 10.2. The number of fused-ring (bicyclic) bond motifs is 3. The number of halogens is 1. The van der Waals surface area contributed by atoms with Crippen LogP contribution in [0.3, 0.4) is 0 Å². The van der Waals surface area contributed by atoms with Gasteiger partial charge in [-0.3, -0.25) is 0 Å². The van der Waals surface area contributed by atoms with E-state index < -0.39 is 16.3 Å². The standard InChI is InChI=1S/C37H28BrNO2P2/c1-39-36-23-22-27(40-42(29-14-6-2-7-15-29)30-16-8-3-9-17-30)24-33(36)34-25-28(26-35(38)37(34)39)41-43(31-18-10-4-11-19-31)32-20-12-5-13-21-32/h2-26H,1H3. The van der Waals surface area contributed by atoms with E-state index in [4.69, 9.17) is 9.05 Å². The molecule has 7 aromatic rings. The average molecular weight is 660 g/mol. The van der Waals surface area contributed by atoms with Crippen molar-refractivity contribution < 1.29 is 9.05 Å². The van der Waals surface area contributed by atoms with E-state index in [1.165, 1.54) is 21.2 Å². The SMILES string of the molecule is Cn1c2ccc(OP(c3ccccc3)c3ccccc3)cc2c2cc(OP(c3ccccc3)c3ccccc3)cc(Br)c21. The van der Waals surface area contributed by atoms with Gasteiger partial charge in [0.15, 0.2) is 16.3 Å². The largest absolute Gasteiger partial charge is 0.464 e. The zero-order valence-electron chi connectivity index (χ0n) is 23.5. The molecule has 6 aromatic carbocycles. The highest BCUT2D eigenvalue weighted by atomic mass is 79.9. The Balaban J connectivity index is 1.31. The minimum absolute atomic E-state index is 0.827. The lowest BCUT2D eigenvalue weighted by Gasteiger charge is -2.20. The number of hydrogen-bond donors (Lipinski definition) is 0. The van der Waals surface area contributed by atoms with Crippen LogP contribution in [0.2, 0.25) is 0 Å². The van der Waals surface area contributed by atoms with Gasteiger partial charge < -0.3 is 13.6 Å². The highest BCUT2D eigenvalue weighted by Crippen LogP contribution is 2.44. The molecule has 43 heavy (non-hydrogen) atoms. The summed E-state index contributed by atoms with van der Waals surface area (Å²) in [6.07, 6.45) is 0. The average Bonchev–Trinajstić information content (AvgIpc) is 3.35. The maximum atomic E-state index is 6.84. The van der Waals surface area contributed by atoms with Crippen LogP contribution in [0.4, 0.5) is 0 Å². The van der Waals surface area contributed by atoms with E-state index in [0.29, 0.717) is 0 Å². The monoisotopic (exact) mass is 659 g/mol. The van der Waals surface area contributed by atoms with Gasteiger partial charge in [0.1, 0.15) is 11.5 Å². The maximum absolute atomic E-state index is 6.84. The Morgan fingerprint density at radius 1 is 0.488 bits per heavy atom. The zero-order chi connectivity index (χ0) is 29.2. The molecular formula is C37H28BrNO2P2. The van der Waals surface area contributed by atoms with E-state index >= 15 is 0 Å². The molecular weight excluding hydrogens is 632 g/mol. The molecule has 0 aliphatic rings. The number of rotatable bonds is 8. The molecule has 1 heterocycles. The lowest BCUT2D eigenvalue weighted by Crippen LogP contribution is -2.15. The summed E-state index contributed by atoms with van der Waals surface area (Å²) in [6.45, 7) is 0. The Hall–Kier alpha value is -3.94. The molecule has 0 radical (unpaired) electrons. The van der Waals surface area contributed by atoms with Crippen LogP contribution < -0.4 is 30.3 Å². The predicted octanol–water partition coefficient (Wildman–Crippen LogP) is 8.95. The maximum Gasteiger partial charge on any atom is 0.150 e. The molecule has 0 saturated carbocycles. The molecule has 0 atom stereocenters. The number of hydrogen-bond acceptors (Lipinski definition) is 2. The second kappa shape index (κ2) is 12.3. The third-order valence-corrected chi connectivity index (χ3v) is 11.8. The molecule has 1 aromatic heterocycles. The molecule has 210 valence electrons. The van der Waals surface area contributed by atoms with Crippen molar-refractivity contribution in [3.63, 3.8) is 0 Å². The molecule has 0 bridgehead atoms. The first-order valence-corrected chi connectivity index (χ1v) is 17.3. The molecule has 0 aliphatic heterocycles. The summed E-state index contributed by atoms with van der Waals surface area (Å²) in [5, 5.41) is 6.94. The van der Waals surface area contributed by atoms with Gasteiger partial charge in [0.05, 0.1) is 5.52 Å². The van der Waals surface area contributed by atoms with Crippen molar-refractivity contribution in [3.8, 4) is 11.5 Å². The lowest BCUT2D eigenvalue weighted by atomic mass is 10.1. The fourth-order valence-corrected chi connectivity index (χ4v) is 9.48. The first-order valence-electron chi connectivity index (χ1n) is 14.0. The number of benzene rings is 6. The summed E-state index contributed by atoms with van der Waals surface area (Å²) in [6, 6.07) is 52.6. The Morgan fingerprint density at radius 3 is 1.37 bits per heavy atom. The van der Waals surface area contributed by atoms with Crippen LogP contribution in [-0.2, 0) is 7.05 Å². The number of aromatic nitrogens is 1. The smallest absolute Gasteiger partial charge is 0.150 e. The van der Waals surface area contributed by atoms with Gasteiger partial charge in [0.2, 0.25) is 0 Å². The first-order chi connectivity index (χ1) is 21.2. The first kappa shape index (κ1) is 27.9. The van der Waals surface area contributed by atoms with Crippen LogP contribution in [0.1, 0.15) is 0 Å². The summed E-state index contributed by atoms with van der Waals surface area (Å²) < 4.78 is 16.9. The van der Waals surface area contributed by atoms with Gasteiger partial charge in [0, 0.05) is 49.0 Å². The van der Waals surface area contributed by atoms with E-state index in [1.807, 2.05) is 24.3 Å². The van der Waals surface area contributed by atoms with Crippen molar-refractivity contribution in [3.05, 3.63) is 156 Å². The van der Waals surface area contributed by atoms with Crippen molar-refractivity contribution in [2.45, 2.75) is 0 Å². The van der Waals surface area contributed by atoms with Crippen LogP contribution in [0.25, 0.3) is 21.8 Å². The van der Waals surface area contributed by atoms with E-state index in [-0.39, 0.29) is 0 Å². The zero-order valence-corrected chi connectivity index (χ0v) is 26.8. The minimum atomic E-state index is -1.05. The normalized spacial score (nSPS) is 11.4. The van der Waals surface area contributed by atoms with Crippen molar-refractivity contribution in [1.29, 1.82) is 0 Å². The van der Waals surface area contributed by atoms with Crippen LogP contribution in [-0.4, -0.2) is 4.57 Å². The molecule has 0 fully saturated rings. The van der Waals surface area contributed by atoms with Gasteiger partial charge in [-0.2, -0.15) is 0 Å². The third kappa shape index (κ3) is 5.71. The van der Waals surface area contributed by atoms with Crippen molar-refractivity contribution in [2.75, 3.05) is 0 Å². The van der Waals surface area contributed by atoms with Crippen LogP contribution in [0, 0.1) is 0 Å². The number of aryl methyl sites for hydroxylation is 1. The molecule has 3 nitrogen and oxygen atoms in total. The molecule has 0 N–H and O–H groups in total. The van der Waals surface area contributed by atoms with Gasteiger partial charge in [0.25, 0.3) is 0 Å². The van der Waals surface area contributed by atoms with Crippen molar-refractivity contribution in [1.82, 2.24) is 4.57 Å². The van der Waals surface area contributed by atoms with Crippen LogP contribution in [0.5, 0.6) is 11.5 Å². The molecule has 0 aliphatic carbocycles. The fraction of sp³-hybridized carbons (Fsp3) is 0.0270. The van der Waals surface area contributed by atoms with Gasteiger partial charge in [-0.25, -0.2) is 0 Å². The Labute approximate surface area is 262 Å². The van der Waals surface area contributed by atoms with E-state index in [0.717, 1.165) is 37.8 Å². The molecule has 7 rings (SSSR count). The summed E-state index contributed by atoms with van der Waals surface area (Å²) in [5.74, 6) is 1.67. The summed E-state index contributed by atoms with van der Waals surface area (Å²) >= 11 is 3.88. The lowest BCUT2D eigenvalue weighted by molar-refractivity contribution is 0.630. The summed E-state index contributed by atoms with van der Waals surface area (Å²) in [4.78, 5) is 0. The summed E-state index contributed by atoms with van der Waals surface area (Å²) in [5.41, 5.74) is 2.26. The topological polar surface area (TPSA) is 23.4 Å². The van der Waals surface area contributed by atoms with Gasteiger partial charge in [-0.15, -0.1) is 0 Å². The van der Waals surface area contributed by atoms with Gasteiger partial charge in [-0.1, -0.05) is 121 Å². The number of nitrogens with zero attached hydrogens (tertiary/aromatic N) is 1. The highest BCUT2D eigenvalue weighted by molar-refractivity contribution is 9.10. The van der Waals surface area contributed by atoms with E-state index in [9.17, 15) is 0 Å². The third-order valence-electron chi connectivity index (χ3n) is 7.35. The van der Waals surface area contributed by atoms with Crippen LogP contribution in [0.15, 0.2) is 156 Å². The minimum Gasteiger partial charge on any atom is -0.464 e. The molecule has 0 spiro atoms. The molecule has 0 saturated heterocycles. The van der Waals surface area contributed by atoms with Crippen molar-refractivity contribution in [2.24, 2.45) is 7.05 Å². The van der Waals surface area contributed by atoms with E-state index in [2.05, 4.69) is 155 Å². The quantitative estimate of drug-likeness (QED) is 0.152. The van der Waals surface area contributed by atoms with E-state index in [1.54, 1.807) is 0 Å². The molecule has 0 unspecified atom stereocenters. The summed E-state index contributed by atoms with van der Waals surface area (Å²) in [7, 11) is 0.0258. The Kier molecular flexibility index (Phi) is 8.00. The predicted molar refractivity (Wildman–Crippen MR) is 188 cm³/mol. The second-order valence-corrected chi connectivity index (χ2v) is 14.6. The molecule has 0 amide bonds. The Morgan fingerprint density at radius 2 is 0.907 bits per heavy atom. The highest BCUT2D eigenvalue weighted by Gasteiger charge is 2.21. The molecule has 6 heteroatoms. The van der Waals surface area contributed by atoms with Gasteiger partial charge in [-0.05, 0) is 46.3 Å².